The Kier molecular flexibility index (Phi) is 61.8. The maximum absolute atomic E-state index is 13.0. The molecule has 17 nitrogen and oxygen atoms in total. The van der Waals surface area contributed by atoms with Crippen LogP contribution in [0.15, 0.2) is 0 Å². The van der Waals surface area contributed by atoms with Crippen molar-refractivity contribution >= 4 is 39.5 Å². The number of hydrogen-bond donors (Lipinski definition) is 3. The second-order valence-electron chi connectivity index (χ2n) is 26.1. The molecule has 0 aromatic heterocycles. The largest absolute Gasteiger partial charge is 0.472 e. The average molecular weight is 1330 g/mol. The second-order valence-corrected chi connectivity index (χ2v) is 29.0. The number of hydrogen-bond acceptors (Lipinski definition) is 15. The molecule has 0 aromatic carbocycles. The molecule has 0 bridgehead atoms. The molecule has 0 saturated heterocycles. The summed E-state index contributed by atoms with van der Waals surface area (Å²) in [6.07, 6.45) is 48.3. The van der Waals surface area contributed by atoms with Gasteiger partial charge in [-0.25, -0.2) is 9.13 Å². The van der Waals surface area contributed by atoms with E-state index in [1.165, 1.54) is 180 Å². The third-order valence-electron chi connectivity index (χ3n) is 17.2. The zero-order chi connectivity index (χ0) is 66.5. The summed E-state index contributed by atoms with van der Waals surface area (Å²) in [6, 6.07) is 0. The van der Waals surface area contributed by atoms with E-state index in [1.807, 2.05) is 0 Å². The highest BCUT2D eigenvalue weighted by Gasteiger charge is 2.30. The molecule has 0 aromatic rings. The Balaban J connectivity index is 5.27. The molecule has 0 aliphatic rings. The summed E-state index contributed by atoms with van der Waals surface area (Å²) in [5.41, 5.74) is 0. The molecule has 0 radical (unpaired) electrons. The molecule has 7 atom stereocenters. The predicted molar refractivity (Wildman–Crippen MR) is 363 cm³/mol. The molecule has 0 rings (SSSR count). The fraction of sp³-hybridized carbons (Fsp3) is 0.944. The Labute approximate surface area is 549 Å². The molecule has 0 saturated carbocycles. The second kappa shape index (κ2) is 63.1. The number of carbonyl (C=O) groups excluding carboxylic acids is 4. The molecule has 0 spiro atoms. The SMILES string of the molecule is CCCCCCCCCCCCCCCC(=O)OC[C@H](COP(=O)(O)OC[C@@H](O)COP(=O)(O)OC[C@@H](COC(=O)CCCCCCCCCCC(C)CC)OC(=O)CCCCCCCCCCC(C)CC)OC(=O)CCCCCCCCCCCCCCC. The van der Waals surface area contributed by atoms with Gasteiger partial charge in [0.25, 0.3) is 0 Å². The minimum absolute atomic E-state index is 0.105. The Bertz CT molecular complexity index is 1760. The van der Waals surface area contributed by atoms with Gasteiger partial charge in [0, 0.05) is 25.7 Å². The van der Waals surface area contributed by atoms with Gasteiger partial charge in [0.05, 0.1) is 26.4 Å². The quantitative estimate of drug-likeness (QED) is 0.0222. The molecule has 90 heavy (non-hydrogen) atoms. The van der Waals surface area contributed by atoms with Gasteiger partial charge >= 0.3 is 39.5 Å². The molecule has 0 heterocycles. The van der Waals surface area contributed by atoms with Crippen molar-refractivity contribution in [2.24, 2.45) is 11.8 Å². The van der Waals surface area contributed by atoms with E-state index in [9.17, 15) is 43.2 Å². The van der Waals surface area contributed by atoms with Crippen LogP contribution in [0.5, 0.6) is 0 Å². The lowest BCUT2D eigenvalue weighted by Gasteiger charge is -2.21. The molecular formula is C71H138O17P2. The summed E-state index contributed by atoms with van der Waals surface area (Å²) < 4.78 is 68.4. The van der Waals surface area contributed by atoms with Gasteiger partial charge in [-0.1, -0.05) is 311 Å². The number of phosphoric ester groups is 2. The van der Waals surface area contributed by atoms with E-state index in [-0.39, 0.29) is 25.7 Å². The standard InChI is InChI=1S/C71H138O17P2/c1-7-11-13-15-17-19-21-23-25-27-35-41-47-53-68(73)81-59-66(87-70(75)55-49-43-37-28-26-24-22-20-18-16-14-12-8-2)61-85-89(77,78)83-57-65(72)58-84-90(79,80)86-62-67(88-71(76)56-50-44-38-32-30-34-40-46-52-64(6)10-4)60-82-69(74)54-48-42-36-31-29-33-39-45-51-63(5)9-3/h63-67,72H,7-62H2,1-6H3,(H,77,78)(H,79,80)/t63?,64?,65-,66-,67-/m1/s1. The Hall–Kier alpha value is -1.94. The first-order valence-corrected chi connectivity index (χ1v) is 40.1. The van der Waals surface area contributed by atoms with E-state index >= 15 is 0 Å². The van der Waals surface area contributed by atoms with Crippen molar-refractivity contribution in [1.29, 1.82) is 0 Å². The van der Waals surface area contributed by atoms with Crippen molar-refractivity contribution in [3.63, 3.8) is 0 Å². The molecule has 534 valence electrons. The highest BCUT2D eigenvalue weighted by Crippen LogP contribution is 2.45. The average Bonchev–Trinajstić information content (AvgIpc) is 3.55. The van der Waals surface area contributed by atoms with Crippen molar-refractivity contribution in [1.82, 2.24) is 0 Å². The summed E-state index contributed by atoms with van der Waals surface area (Å²) in [6.45, 7) is 9.56. The highest BCUT2D eigenvalue weighted by molar-refractivity contribution is 7.47. The van der Waals surface area contributed by atoms with Gasteiger partial charge in [-0.3, -0.25) is 37.3 Å². The molecule has 0 aliphatic heterocycles. The molecule has 0 fully saturated rings. The van der Waals surface area contributed by atoms with Crippen LogP contribution in [0.4, 0.5) is 0 Å². The summed E-state index contributed by atoms with van der Waals surface area (Å²) >= 11 is 0. The van der Waals surface area contributed by atoms with Crippen LogP contribution < -0.4 is 0 Å². The zero-order valence-corrected chi connectivity index (χ0v) is 60.2. The highest BCUT2D eigenvalue weighted by atomic mass is 31.2. The number of rotatable bonds is 70. The van der Waals surface area contributed by atoms with Gasteiger partial charge in [-0.15, -0.1) is 0 Å². The van der Waals surface area contributed by atoms with E-state index < -0.39 is 97.5 Å². The van der Waals surface area contributed by atoms with Gasteiger partial charge < -0.3 is 33.8 Å². The summed E-state index contributed by atoms with van der Waals surface area (Å²) in [5, 5.41) is 10.6. The van der Waals surface area contributed by atoms with Gasteiger partial charge in [0.15, 0.2) is 12.2 Å². The van der Waals surface area contributed by atoms with Gasteiger partial charge in [-0.2, -0.15) is 0 Å². The third-order valence-corrected chi connectivity index (χ3v) is 19.1. The Morgan fingerprint density at radius 1 is 0.311 bits per heavy atom. The van der Waals surface area contributed by atoms with Gasteiger partial charge in [0.2, 0.25) is 0 Å². The fourth-order valence-electron chi connectivity index (χ4n) is 10.7. The number of unbranched alkanes of at least 4 members (excludes halogenated alkanes) is 38. The topological polar surface area (TPSA) is 237 Å². The maximum atomic E-state index is 13.0. The molecular weight excluding hydrogens is 1190 g/mol. The minimum atomic E-state index is -4.95. The first-order valence-electron chi connectivity index (χ1n) is 37.1. The summed E-state index contributed by atoms with van der Waals surface area (Å²) in [4.78, 5) is 72.6. The van der Waals surface area contributed by atoms with Crippen molar-refractivity contribution in [2.75, 3.05) is 39.6 Å². The normalized spacial score (nSPS) is 14.7. The maximum Gasteiger partial charge on any atom is 0.472 e. The first-order chi connectivity index (χ1) is 43.4. The van der Waals surface area contributed by atoms with Crippen LogP contribution >= 0.6 is 15.6 Å². The van der Waals surface area contributed by atoms with Crippen LogP contribution in [0.2, 0.25) is 0 Å². The van der Waals surface area contributed by atoms with Crippen LogP contribution in [0.3, 0.4) is 0 Å². The van der Waals surface area contributed by atoms with Crippen molar-refractivity contribution in [2.45, 2.75) is 381 Å². The predicted octanol–water partition coefficient (Wildman–Crippen LogP) is 20.4. The summed E-state index contributed by atoms with van der Waals surface area (Å²) in [5.74, 6) is -0.575. The number of aliphatic hydroxyl groups excluding tert-OH is 1. The van der Waals surface area contributed by atoms with E-state index in [4.69, 9.17) is 37.0 Å². The zero-order valence-electron chi connectivity index (χ0n) is 58.4. The number of esters is 4. The number of carbonyl (C=O) groups is 4. The molecule has 0 aliphatic carbocycles. The van der Waals surface area contributed by atoms with Crippen molar-refractivity contribution in [3.8, 4) is 0 Å². The fourth-order valence-corrected chi connectivity index (χ4v) is 12.3. The smallest absolute Gasteiger partial charge is 0.462 e. The number of phosphoric acid groups is 2. The van der Waals surface area contributed by atoms with Crippen LogP contribution in [-0.2, 0) is 65.4 Å². The van der Waals surface area contributed by atoms with E-state index in [0.29, 0.717) is 25.7 Å². The molecule has 19 heteroatoms. The third kappa shape index (κ3) is 62.2. The Morgan fingerprint density at radius 2 is 0.533 bits per heavy atom. The lowest BCUT2D eigenvalue weighted by atomic mass is 9.99. The Morgan fingerprint density at radius 3 is 0.789 bits per heavy atom. The van der Waals surface area contributed by atoms with E-state index in [0.717, 1.165) is 102 Å². The number of ether oxygens (including phenoxy) is 4. The lowest BCUT2D eigenvalue weighted by Crippen LogP contribution is -2.30. The van der Waals surface area contributed by atoms with Crippen LogP contribution in [-0.4, -0.2) is 96.7 Å². The molecule has 4 unspecified atom stereocenters. The number of aliphatic hydroxyl groups is 1. The van der Waals surface area contributed by atoms with Crippen LogP contribution in [0, 0.1) is 11.8 Å². The van der Waals surface area contributed by atoms with Crippen molar-refractivity contribution in [3.05, 3.63) is 0 Å². The van der Waals surface area contributed by atoms with Crippen LogP contribution in [0.25, 0.3) is 0 Å². The van der Waals surface area contributed by atoms with E-state index in [2.05, 4.69) is 41.5 Å². The van der Waals surface area contributed by atoms with Gasteiger partial charge in [0.1, 0.15) is 19.3 Å². The van der Waals surface area contributed by atoms with Crippen molar-refractivity contribution < 1.29 is 80.2 Å². The molecule has 0 amide bonds. The van der Waals surface area contributed by atoms with Gasteiger partial charge in [-0.05, 0) is 37.5 Å². The minimum Gasteiger partial charge on any atom is -0.462 e. The molecule has 3 N–H and O–H groups in total. The summed E-state index contributed by atoms with van der Waals surface area (Å²) in [7, 11) is -9.90. The lowest BCUT2D eigenvalue weighted by molar-refractivity contribution is -0.161. The van der Waals surface area contributed by atoms with Crippen LogP contribution in [0.1, 0.15) is 363 Å². The monoisotopic (exact) mass is 1320 g/mol. The van der Waals surface area contributed by atoms with E-state index in [1.54, 1.807) is 0 Å². The first kappa shape index (κ1) is 88.1.